The molecule has 33 heavy (non-hydrogen) atoms. The maximum Gasteiger partial charge on any atom is 0.296 e. The molecule has 0 aliphatic heterocycles. The molecule has 164 valence electrons. The number of carbonyl (C=O) groups is 1. The molecule has 0 spiro atoms. The predicted octanol–water partition coefficient (Wildman–Crippen LogP) is 4.45. The van der Waals surface area contributed by atoms with Gasteiger partial charge in [0.1, 0.15) is 5.82 Å². The molecule has 0 fully saturated rings. The summed E-state index contributed by atoms with van der Waals surface area (Å²) in [6, 6.07) is 18.2. The number of rotatable bonds is 4. The quantitative estimate of drug-likeness (QED) is 0.429. The van der Waals surface area contributed by atoms with Crippen LogP contribution in [0, 0.1) is 12.7 Å². The summed E-state index contributed by atoms with van der Waals surface area (Å²) in [5.74, 6) is -1.09. The number of nitrogens with zero attached hydrogens (tertiary/aromatic N) is 4. The molecule has 2 aromatic heterocycles. The minimum Gasteiger partial charge on any atom is -0.319 e. The Kier molecular flexibility index (Phi) is 5.14. The van der Waals surface area contributed by atoms with Crippen LogP contribution in [0.25, 0.3) is 16.7 Å². The van der Waals surface area contributed by atoms with Gasteiger partial charge in [0.2, 0.25) is 11.5 Å². The van der Waals surface area contributed by atoms with Gasteiger partial charge < -0.3 is 5.32 Å². The normalized spacial score (nSPS) is 11.2. The number of carbonyl (C=O) groups excluding carboxylic acids is 1. The number of hydrogen-bond donors (Lipinski definition) is 1. The van der Waals surface area contributed by atoms with E-state index in [9.17, 15) is 14.0 Å². The van der Waals surface area contributed by atoms with Gasteiger partial charge in [0.05, 0.1) is 17.6 Å². The lowest BCUT2D eigenvalue weighted by Crippen LogP contribution is -2.24. The molecule has 3 aromatic carbocycles. The first-order valence-corrected chi connectivity index (χ1v) is 10.5. The molecule has 0 aliphatic carbocycles. The first-order chi connectivity index (χ1) is 15.9. The van der Waals surface area contributed by atoms with E-state index in [1.165, 1.54) is 21.2 Å². The fourth-order valence-electron chi connectivity index (χ4n) is 3.67. The zero-order chi connectivity index (χ0) is 23.1. The van der Waals surface area contributed by atoms with Crippen LogP contribution in [0.1, 0.15) is 21.7 Å². The monoisotopic (exact) mass is 461 g/mol. The van der Waals surface area contributed by atoms with E-state index in [4.69, 9.17) is 11.6 Å². The Labute approximate surface area is 192 Å². The summed E-state index contributed by atoms with van der Waals surface area (Å²) < 4.78 is 16.6. The number of aryl methyl sites for hydroxylation is 1. The second-order valence-electron chi connectivity index (χ2n) is 7.65. The number of benzene rings is 3. The zero-order valence-electron chi connectivity index (χ0n) is 17.4. The molecular weight excluding hydrogens is 445 g/mol. The number of amides is 1. The van der Waals surface area contributed by atoms with E-state index in [0.29, 0.717) is 27.3 Å². The minimum absolute atomic E-state index is 0.00372. The van der Waals surface area contributed by atoms with Crippen LogP contribution in [-0.4, -0.2) is 25.1 Å². The largest absolute Gasteiger partial charge is 0.319 e. The van der Waals surface area contributed by atoms with Crippen LogP contribution in [0.3, 0.4) is 0 Å². The Balaban J connectivity index is 1.64. The van der Waals surface area contributed by atoms with Crippen molar-refractivity contribution in [2.75, 3.05) is 5.32 Å². The highest BCUT2D eigenvalue weighted by molar-refractivity contribution is 6.30. The Hall–Kier alpha value is -4.04. The van der Waals surface area contributed by atoms with Crippen LogP contribution in [0.2, 0.25) is 5.02 Å². The second kappa shape index (κ2) is 8.14. The molecule has 0 aliphatic rings. The molecule has 5 aromatic rings. The fraction of sp³-hybridized carbons (Fsp3) is 0.0833. The summed E-state index contributed by atoms with van der Waals surface area (Å²) in [6.07, 6.45) is 0. The van der Waals surface area contributed by atoms with Crippen molar-refractivity contribution in [3.63, 3.8) is 0 Å². The van der Waals surface area contributed by atoms with Crippen molar-refractivity contribution in [1.29, 1.82) is 0 Å². The van der Waals surface area contributed by atoms with Crippen LogP contribution < -0.4 is 10.9 Å². The van der Waals surface area contributed by atoms with Crippen molar-refractivity contribution in [2.45, 2.75) is 13.5 Å². The molecule has 0 atom stereocenters. The lowest BCUT2D eigenvalue weighted by atomic mass is 10.2. The van der Waals surface area contributed by atoms with Gasteiger partial charge >= 0.3 is 0 Å². The molecule has 0 saturated heterocycles. The Morgan fingerprint density at radius 2 is 1.85 bits per heavy atom. The third-order valence-electron chi connectivity index (χ3n) is 5.23. The molecule has 0 radical (unpaired) electrons. The van der Waals surface area contributed by atoms with E-state index in [1.807, 2.05) is 25.1 Å². The van der Waals surface area contributed by atoms with E-state index in [1.54, 1.807) is 36.4 Å². The van der Waals surface area contributed by atoms with Crippen molar-refractivity contribution in [1.82, 2.24) is 19.2 Å². The Bertz CT molecular complexity index is 1590. The average Bonchev–Trinajstić information content (AvgIpc) is 3.24. The van der Waals surface area contributed by atoms with Crippen molar-refractivity contribution in [2.24, 2.45) is 0 Å². The third-order valence-corrected chi connectivity index (χ3v) is 5.48. The highest BCUT2D eigenvalue weighted by atomic mass is 35.5. The lowest BCUT2D eigenvalue weighted by molar-refractivity contribution is 0.101. The number of halogens is 2. The number of fused-ring (bicyclic) bond motifs is 3. The molecular formula is C24H17ClFN5O2. The predicted molar refractivity (Wildman–Crippen MR) is 124 cm³/mol. The highest BCUT2D eigenvalue weighted by Gasteiger charge is 2.19. The van der Waals surface area contributed by atoms with E-state index in [2.05, 4.69) is 15.4 Å². The number of hydrogen-bond acceptors (Lipinski definition) is 4. The molecule has 1 N–H and O–H groups in total. The zero-order valence-corrected chi connectivity index (χ0v) is 18.2. The van der Waals surface area contributed by atoms with Crippen LogP contribution in [0.5, 0.6) is 0 Å². The van der Waals surface area contributed by atoms with Gasteiger partial charge in [0.15, 0.2) is 0 Å². The molecule has 2 heterocycles. The lowest BCUT2D eigenvalue weighted by Gasteiger charge is -2.12. The molecule has 9 heteroatoms. The van der Waals surface area contributed by atoms with E-state index in [0.717, 1.165) is 5.56 Å². The van der Waals surface area contributed by atoms with Gasteiger partial charge in [-0.2, -0.15) is 4.98 Å². The maximum absolute atomic E-state index is 13.7. The second-order valence-corrected chi connectivity index (χ2v) is 8.08. The van der Waals surface area contributed by atoms with Gasteiger partial charge in [-0.3, -0.25) is 14.2 Å². The topological polar surface area (TPSA) is 81.3 Å². The third kappa shape index (κ3) is 3.96. The van der Waals surface area contributed by atoms with Crippen LogP contribution in [0.4, 0.5) is 10.1 Å². The van der Waals surface area contributed by atoms with Crippen molar-refractivity contribution >= 4 is 39.9 Å². The average molecular weight is 462 g/mol. The summed E-state index contributed by atoms with van der Waals surface area (Å²) in [7, 11) is 0. The minimum atomic E-state index is -0.558. The van der Waals surface area contributed by atoms with Crippen LogP contribution in [0.15, 0.2) is 71.5 Å². The summed E-state index contributed by atoms with van der Waals surface area (Å²) in [6.45, 7) is 2.05. The summed E-state index contributed by atoms with van der Waals surface area (Å²) in [4.78, 5) is 30.3. The first-order valence-electron chi connectivity index (χ1n) is 10.1. The summed E-state index contributed by atoms with van der Waals surface area (Å²) >= 11 is 5.89. The number of aromatic nitrogens is 4. The summed E-state index contributed by atoms with van der Waals surface area (Å²) in [5.41, 5.74) is 2.86. The van der Waals surface area contributed by atoms with Crippen molar-refractivity contribution in [3.05, 3.63) is 105 Å². The van der Waals surface area contributed by atoms with Gasteiger partial charge in [0.25, 0.3) is 11.5 Å². The van der Waals surface area contributed by atoms with Gasteiger partial charge in [-0.15, -0.1) is 5.10 Å². The highest BCUT2D eigenvalue weighted by Crippen LogP contribution is 2.18. The maximum atomic E-state index is 13.7. The SMILES string of the molecule is Cc1ccc2c(c1)n(Cc1cccc(F)c1)c(=O)c1nc(C(=O)Nc3ccc(Cl)cc3)nn12. The van der Waals surface area contributed by atoms with E-state index in [-0.39, 0.29) is 23.8 Å². The Morgan fingerprint density at radius 3 is 2.61 bits per heavy atom. The first kappa shape index (κ1) is 20.8. The van der Waals surface area contributed by atoms with Crippen molar-refractivity contribution in [3.8, 4) is 0 Å². The van der Waals surface area contributed by atoms with E-state index < -0.39 is 11.5 Å². The molecule has 0 unspecified atom stereocenters. The smallest absolute Gasteiger partial charge is 0.296 e. The molecule has 0 bridgehead atoms. The van der Waals surface area contributed by atoms with Crippen LogP contribution >= 0.6 is 11.6 Å². The van der Waals surface area contributed by atoms with Crippen LogP contribution in [-0.2, 0) is 6.54 Å². The number of anilines is 1. The fourth-order valence-corrected chi connectivity index (χ4v) is 3.79. The molecule has 5 rings (SSSR count). The molecule has 0 saturated carbocycles. The standard InChI is InChI=1S/C24H17ClFN5O2/c1-14-5-10-19-20(11-14)30(13-15-3-2-4-17(26)12-15)24(33)22-28-21(29-31(19)22)23(32)27-18-8-6-16(25)7-9-18/h2-12H,13H2,1H3,(H,27,32). The number of nitrogens with one attached hydrogen (secondary N) is 1. The van der Waals surface area contributed by atoms with E-state index >= 15 is 0 Å². The van der Waals surface area contributed by atoms with Crippen molar-refractivity contribution < 1.29 is 9.18 Å². The Morgan fingerprint density at radius 1 is 1.06 bits per heavy atom. The molecule has 1 amide bonds. The van der Waals surface area contributed by atoms with Gasteiger partial charge in [-0.05, 0) is 66.6 Å². The summed E-state index contributed by atoms with van der Waals surface area (Å²) in [5, 5.41) is 7.54. The molecule has 7 nitrogen and oxygen atoms in total. The van der Waals surface area contributed by atoms with Gasteiger partial charge in [-0.1, -0.05) is 29.8 Å². The van der Waals surface area contributed by atoms with Gasteiger partial charge in [-0.25, -0.2) is 8.91 Å². The van der Waals surface area contributed by atoms with Gasteiger partial charge in [0, 0.05) is 10.7 Å².